The molecule has 11 heteroatoms. The summed E-state index contributed by atoms with van der Waals surface area (Å²) in [7, 11) is -4.10. The molecule has 0 radical (unpaired) electrons. The van der Waals surface area contributed by atoms with E-state index < -0.39 is 46.9 Å². The zero-order valence-corrected chi connectivity index (χ0v) is 16.2. The van der Waals surface area contributed by atoms with Crippen LogP contribution in [0, 0.1) is 11.8 Å². The average molecular weight is 416 g/mol. The van der Waals surface area contributed by atoms with Crippen LogP contribution in [-0.2, 0) is 26.3 Å². The van der Waals surface area contributed by atoms with Crippen molar-refractivity contribution in [2.45, 2.75) is 56.6 Å². The highest BCUT2D eigenvalue weighted by Crippen LogP contribution is 2.45. The largest absolute Gasteiger partial charge is 0.391 e. The van der Waals surface area contributed by atoms with Gasteiger partial charge in [-0.25, -0.2) is 9.11 Å². The van der Waals surface area contributed by atoms with Crippen molar-refractivity contribution < 1.29 is 27.4 Å². The first-order chi connectivity index (χ1) is 13.3. The summed E-state index contributed by atoms with van der Waals surface area (Å²) in [4.78, 5) is 11.5. The maximum absolute atomic E-state index is 15.4. The zero-order valence-electron chi connectivity index (χ0n) is 15.4. The molecule has 9 nitrogen and oxygen atoms in total. The van der Waals surface area contributed by atoms with E-state index in [2.05, 4.69) is 5.10 Å². The summed E-state index contributed by atoms with van der Waals surface area (Å²) in [6, 6.07) is 0.589. The van der Waals surface area contributed by atoms with Gasteiger partial charge in [-0.3, -0.25) is 9.48 Å². The molecule has 3 fully saturated rings. The smallest absolute Gasteiger partial charge is 0.304 e. The summed E-state index contributed by atoms with van der Waals surface area (Å²) in [5, 5.41) is 14.6. The maximum atomic E-state index is 15.4. The fourth-order valence-electron chi connectivity index (χ4n) is 4.80. The third kappa shape index (κ3) is 3.80. The highest BCUT2D eigenvalue weighted by atomic mass is 32.2. The number of hydrogen-bond acceptors (Lipinski definition) is 6. The summed E-state index contributed by atoms with van der Waals surface area (Å²) in [6.07, 6.45) is 3.07. The lowest BCUT2D eigenvalue weighted by Crippen LogP contribution is -2.59. The van der Waals surface area contributed by atoms with Crippen LogP contribution in [0.1, 0.15) is 25.7 Å². The Balaban J connectivity index is 1.40. The first kappa shape index (κ1) is 19.7. The third-order valence-corrected chi connectivity index (χ3v) is 7.57. The van der Waals surface area contributed by atoms with E-state index in [1.54, 1.807) is 10.9 Å². The number of aromatic nitrogens is 2. The summed E-state index contributed by atoms with van der Waals surface area (Å²) in [6.45, 7) is 0.620. The number of amides is 1. The lowest BCUT2D eigenvalue weighted by molar-refractivity contribution is -0.120. The number of alkyl halides is 1. The van der Waals surface area contributed by atoms with E-state index in [4.69, 9.17) is 4.74 Å². The lowest BCUT2D eigenvalue weighted by Gasteiger charge is -2.47. The van der Waals surface area contributed by atoms with Gasteiger partial charge in [0.25, 0.3) is 0 Å². The van der Waals surface area contributed by atoms with Gasteiger partial charge in [0.15, 0.2) is 0 Å². The van der Waals surface area contributed by atoms with Crippen LogP contribution in [0.4, 0.5) is 4.39 Å². The van der Waals surface area contributed by atoms with Crippen molar-refractivity contribution in [2.75, 3.05) is 13.2 Å². The van der Waals surface area contributed by atoms with E-state index in [1.807, 2.05) is 17.0 Å². The van der Waals surface area contributed by atoms with Gasteiger partial charge in [0.1, 0.15) is 6.17 Å². The van der Waals surface area contributed by atoms with Gasteiger partial charge < -0.3 is 9.84 Å². The Hall–Kier alpha value is -1.56. The molecule has 2 N–H and O–H groups in total. The van der Waals surface area contributed by atoms with E-state index in [0.717, 1.165) is 17.1 Å². The minimum atomic E-state index is -4.10. The van der Waals surface area contributed by atoms with Crippen molar-refractivity contribution in [3.05, 3.63) is 18.5 Å². The number of aliphatic hydroxyl groups excluding tert-OH is 1. The van der Waals surface area contributed by atoms with Crippen molar-refractivity contribution >= 4 is 16.1 Å². The van der Waals surface area contributed by atoms with Crippen molar-refractivity contribution in [1.29, 1.82) is 0 Å². The van der Waals surface area contributed by atoms with Crippen LogP contribution in [0.25, 0.3) is 0 Å². The van der Waals surface area contributed by atoms with Gasteiger partial charge in [-0.2, -0.15) is 17.8 Å². The number of nitrogens with one attached hydrogen (secondary N) is 1. The standard InChI is InChI=1S/C17H25FN4O5S/c18-16-13-9-12(27-7-6-21-5-1-4-19-21)3-2-11(13)8-14(23)17(16)22-10-15(24)20-28(22,25)26/h1,4-5,11-14,16-17,23H,2-3,6-10H2,(H,20,24). The molecule has 0 spiro atoms. The Labute approximate surface area is 163 Å². The normalized spacial score (nSPS) is 38.1. The van der Waals surface area contributed by atoms with Gasteiger partial charge in [0, 0.05) is 12.4 Å². The zero-order chi connectivity index (χ0) is 19.9. The number of ether oxygens (including phenoxy) is 1. The molecule has 0 bridgehead atoms. The Kier molecular flexibility index (Phi) is 5.43. The van der Waals surface area contributed by atoms with Gasteiger partial charge >= 0.3 is 10.2 Å². The van der Waals surface area contributed by atoms with Gasteiger partial charge in [-0.15, -0.1) is 0 Å². The second-order valence-corrected chi connectivity index (χ2v) is 9.44. The van der Waals surface area contributed by atoms with Crippen LogP contribution in [-0.4, -0.2) is 71.1 Å². The van der Waals surface area contributed by atoms with E-state index in [1.165, 1.54) is 0 Å². The first-order valence-electron chi connectivity index (χ1n) is 9.59. The average Bonchev–Trinajstić information content (AvgIpc) is 3.23. The third-order valence-electron chi connectivity index (χ3n) is 6.09. The summed E-state index contributed by atoms with van der Waals surface area (Å²) in [5.74, 6) is -1.12. The minimum Gasteiger partial charge on any atom is -0.391 e. The number of nitrogens with zero attached hydrogens (tertiary/aromatic N) is 3. The molecule has 28 heavy (non-hydrogen) atoms. The van der Waals surface area contributed by atoms with Gasteiger partial charge in [0.05, 0.1) is 37.9 Å². The second kappa shape index (κ2) is 7.69. The predicted octanol–water partition coefficient (Wildman–Crippen LogP) is -0.167. The van der Waals surface area contributed by atoms with Crippen molar-refractivity contribution in [2.24, 2.45) is 11.8 Å². The number of aliphatic hydroxyl groups is 1. The quantitative estimate of drug-likeness (QED) is 0.689. The monoisotopic (exact) mass is 416 g/mol. The molecule has 1 saturated heterocycles. The molecule has 3 aliphatic rings. The van der Waals surface area contributed by atoms with Crippen LogP contribution in [0.15, 0.2) is 18.5 Å². The van der Waals surface area contributed by atoms with E-state index in [0.29, 0.717) is 26.0 Å². The van der Waals surface area contributed by atoms with Crippen molar-refractivity contribution in [1.82, 2.24) is 18.8 Å². The summed E-state index contributed by atoms with van der Waals surface area (Å²) < 4.78 is 50.0. The van der Waals surface area contributed by atoms with Crippen molar-refractivity contribution in [3.8, 4) is 0 Å². The Bertz CT molecular complexity index is 804. The molecule has 1 aliphatic heterocycles. The Morgan fingerprint density at radius 1 is 1.36 bits per heavy atom. The molecule has 156 valence electrons. The first-order valence-corrected chi connectivity index (χ1v) is 11.0. The molecule has 1 amide bonds. The number of carbonyl (C=O) groups is 1. The highest BCUT2D eigenvalue weighted by Gasteiger charge is 2.53. The summed E-state index contributed by atoms with van der Waals surface area (Å²) in [5.41, 5.74) is 0. The number of hydrogen-bond donors (Lipinski definition) is 2. The van der Waals surface area contributed by atoms with E-state index in [-0.39, 0.29) is 12.0 Å². The molecule has 6 atom stereocenters. The van der Waals surface area contributed by atoms with Crippen LogP contribution < -0.4 is 4.72 Å². The van der Waals surface area contributed by atoms with E-state index in [9.17, 15) is 18.3 Å². The van der Waals surface area contributed by atoms with Gasteiger partial charge in [-0.1, -0.05) is 0 Å². The highest BCUT2D eigenvalue weighted by molar-refractivity contribution is 7.88. The molecular weight excluding hydrogens is 391 g/mol. The van der Waals surface area contributed by atoms with Crippen LogP contribution >= 0.6 is 0 Å². The molecule has 1 aromatic heterocycles. The number of carbonyl (C=O) groups excluding carboxylic acids is 1. The van der Waals surface area contributed by atoms with Crippen LogP contribution in [0.3, 0.4) is 0 Å². The number of fused-ring (bicyclic) bond motifs is 1. The number of rotatable bonds is 5. The lowest BCUT2D eigenvalue weighted by atomic mass is 9.66. The Morgan fingerprint density at radius 2 is 2.18 bits per heavy atom. The second-order valence-electron chi connectivity index (χ2n) is 7.81. The predicted molar refractivity (Wildman–Crippen MR) is 95.9 cm³/mol. The molecule has 2 heterocycles. The fourth-order valence-corrected chi connectivity index (χ4v) is 6.13. The molecule has 2 aliphatic carbocycles. The van der Waals surface area contributed by atoms with Crippen molar-refractivity contribution in [3.63, 3.8) is 0 Å². The van der Waals surface area contributed by atoms with E-state index >= 15 is 4.39 Å². The SMILES string of the molecule is O=C1CN(C2C(O)CC3CCC(OCCn4cccn4)CC3C2F)S(=O)(=O)N1. The topological polar surface area (TPSA) is 114 Å². The molecule has 2 saturated carbocycles. The number of halogens is 1. The van der Waals surface area contributed by atoms with Gasteiger partial charge in [-0.05, 0) is 43.6 Å². The van der Waals surface area contributed by atoms with Crippen LogP contribution in [0.2, 0.25) is 0 Å². The van der Waals surface area contributed by atoms with Crippen LogP contribution in [0.5, 0.6) is 0 Å². The molecule has 4 rings (SSSR count). The fraction of sp³-hybridized carbons (Fsp3) is 0.765. The summed E-state index contributed by atoms with van der Waals surface area (Å²) >= 11 is 0. The molecule has 0 aromatic carbocycles. The van der Waals surface area contributed by atoms with Gasteiger partial charge in [0.2, 0.25) is 5.91 Å². The molecule has 6 unspecified atom stereocenters. The maximum Gasteiger partial charge on any atom is 0.304 e. The molecule has 1 aromatic rings. The molecular formula is C17H25FN4O5S. The minimum absolute atomic E-state index is 0.0128. The Morgan fingerprint density at radius 3 is 2.86 bits per heavy atom.